The quantitative estimate of drug-likeness (QED) is 0.498. The van der Waals surface area contributed by atoms with Gasteiger partial charge in [0.2, 0.25) is 11.8 Å². The molecule has 9 heteroatoms. The summed E-state index contributed by atoms with van der Waals surface area (Å²) in [4.78, 5) is 25.3. The molecule has 1 saturated heterocycles. The van der Waals surface area contributed by atoms with E-state index < -0.39 is 41.4 Å². The summed E-state index contributed by atoms with van der Waals surface area (Å²) in [6.45, 7) is 2.22. The van der Waals surface area contributed by atoms with Gasteiger partial charge < -0.3 is 21.7 Å². The first-order valence-electron chi connectivity index (χ1n) is 11.1. The molecule has 2 amide bonds. The minimum absolute atomic E-state index is 0.225. The summed E-state index contributed by atoms with van der Waals surface area (Å²) in [7, 11) is 0. The number of carbonyl (C=O) groups excluding carboxylic acids is 2. The van der Waals surface area contributed by atoms with E-state index in [1.54, 1.807) is 19.1 Å². The summed E-state index contributed by atoms with van der Waals surface area (Å²) >= 11 is 0. The highest BCUT2D eigenvalue weighted by Crippen LogP contribution is 2.36. The summed E-state index contributed by atoms with van der Waals surface area (Å²) in [5.41, 5.74) is 6.61. The van der Waals surface area contributed by atoms with E-state index in [4.69, 9.17) is 5.73 Å². The molecular formula is C24H27F3N4O2. The molecule has 0 aromatic heterocycles. The van der Waals surface area contributed by atoms with E-state index in [1.807, 2.05) is 0 Å². The van der Waals surface area contributed by atoms with Crippen LogP contribution in [0.1, 0.15) is 42.5 Å². The second kappa shape index (κ2) is 9.43. The maximum atomic E-state index is 14.2. The van der Waals surface area contributed by atoms with Crippen molar-refractivity contribution in [2.24, 2.45) is 5.92 Å². The lowest BCUT2D eigenvalue weighted by atomic mass is 9.96. The molecule has 5 N–H and O–H groups in total. The van der Waals surface area contributed by atoms with Crippen molar-refractivity contribution in [3.8, 4) is 0 Å². The third-order valence-corrected chi connectivity index (χ3v) is 6.49. The van der Waals surface area contributed by atoms with Crippen molar-refractivity contribution in [1.29, 1.82) is 0 Å². The number of carbonyl (C=O) groups is 2. The molecule has 6 nitrogen and oxygen atoms in total. The van der Waals surface area contributed by atoms with Crippen LogP contribution in [-0.2, 0) is 22.4 Å². The van der Waals surface area contributed by atoms with Crippen LogP contribution in [0.15, 0.2) is 30.3 Å². The Morgan fingerprint density at radius 3 is 2.67 bits per heavy atom. The van der Waals surface area contributed by atoms with Gasteiger partial charge in [-0.1, -0.05) is 12.1 Å². The summed E-state index contributed by atoms with van der Waals surface area (Å²) in [5.74, 6) is -2.40. The molecule has 176 valence electrons. The minimum atomic E-state index is -0.851. The molecule has 0 saturated carbocycles. The highest BCUT2D eigenvalue weighted by molar-refractivity contribution is 5.89. The minimum Gasteiger partial charge on any atom is -0.394 e. The zero-order chi connectivity index (χ0) is 23.7. The zero-order valence-electron chi connectivity index (χ0n) is 18.3. The van der Waals surface area contributed by atoms with Gasteiger partial charge >= 0.3 is 0 Å². The topological polar surface area (TPSA) is 96.2 Å². The normalized spacial score (nSPS) is 22.6. The Kier molecular flexibility index (Phi) is 6.60. The van der Waals surface area contributed by atoms with E-state index in [9.17, 15) is 22.8 Å². The number of halogens is 3. The molecule has 0 bridgehead atoms. The first kappa shape index (κ1) is 23.1. The third-order valence-electron chi connectivity index (χ3n) is 6.49. The van der Waals surface area contributed by atoms with Crippen LogP contribution in [0.25, 0.3) is 0 Å². The van der Waals surface area contributed by atoms with Crippen molar-refractivity contribution in [3.63, 3.8) is 0 Å². The van der Waals surface area contributed by atoms with Gasteiger partial charge in [0, 0.05) is 0 Å². The number of benzene rings is 2. The number of nitrogens with one attached hydrogen (secondary N) is 3. The number of anilines is 1. The Morgan fingerprint density at radius 2 is 1.94 bits per heavy atom. The van der Waals surface area contributed by atoms with Gasteiger partial charge in [-0.05, 0) is 80.0 Å². The Hall–Kier alpha value is -3.07. The van der Waals surface area contributed by atoms with Gasteiger partial charge in [0.25, 0.3) is 0 Å². The van der Waals surface area contributed by atoms with E-state index in [-0.39, 0.29) is 17.6 Å². The van der Waals surface area contributed by atoms with Gasteiger partial charge in [-0.15, -0.1) is 0 Å². The Balaban J connectivity index is 1.29. The lowest BCUT2D eigenvalue weighted by Gasteiger charge is -2.20. The summed E-state index contributed by atoms with van der Waals surface area (Å²) < 4.78 is 41.2. The van der Waals surface area contributed by atoms with Gasteiger partial charge in [0.1, 0.15) is 23.4 Å². The van der Waals surface area contributed by atoms with Crippen LogP contribution in [0, 0.1) is 23.4 Å². The summed E-state index contributed by atoms with van der Waals surface area (Å²) in [5, 5.41) is 8.66. The molecule has 33 heavy (non-hydrogen) atoms. The SMILES string of the molecule is C[C@H](NC(=O)[C@H]1C[C@H](Cc2ccc(F)cc2)CN1)C(=O)NC1CCc2c1cc(F)c(N)c2F. The van der Waals surface area contributed by atoms with Crippen LogP contribution in [0.3, 0.4) is 0 Å². The van der Waals surface area contributed by atoms with Gasteiger partial charge in [0.15, 0.2) is 5.82 Å². The molecule has 1 aliphatic heterocycles. The van der Waals surface area contributed by atoms with Crippen molar-refractivity contribution in [1.82, 2.24) is 16.0 Å². The van der Waals surface area contributed by atoms with Gasteiger partial charge in [-0.3, -0.25) is 9.59 Å². The van der Waals surface area contributed by atoms with Crippen LogP contribution in [0.5, 0.6) is 0 Å². The predicted octanol–water partition coefficient (Wildman–Crippen LogP) is 2.52. The molecule has 1 heterocycles. The van der Waals surface area contributed by atoms with Crippen molar-refractivity contribution >= 4 is 17.5 Å². The molecule has 0 radical (unpaired) electrons. The molecule has 4 rings (SSSR count). The maximum Gasteiger partial charge on any atom is 0.242 e. The summed E-state index contributed by atoms with van der Waals surface area (Å²) in [6.07, 6.45) is 2.11. The van der Waals surface area contributed by atoms with E-state index in [1.165, 1.54) is 18.2 Å². The smallest absolute Gasteiger partial charge is 0.242 e. The average molecular weight is 461 g/mol. The number of nitrogens with two attached hydrogens (primary N) is 1. The second-order valence-corrected chi connectivity index (χ2v) is 8.88. The number of hydrogen-bond donors (Lipinski definition) is 4. The van der Waals surface area contributed by atoms with E-state index in [2.05, 4.69) is 16.0 Å². The number of nitrogen functional groups attached to an aromatic ring is 1. The second-order valence-electron chi connectivity index (χ2n) is 8.88. The molecular weight excluding hydrogens is 433 g/mol. The van der Waals surface area contributed by atoms with E-state index in [0.717, 1.165) is 12.0 Å². The maximum absolute atomic E-state index is 14.2. The van der Waals surface area contributed by atoms with Crippen molar-refractivity contribution in [3.05, 3.63) is 64.5 Å². The number of rotatable bonds is 6. The van der Waals surface area contributed by atoms with Crippen molar-refractivity contribution in [2.75, 3.05) is 12.3 Å². The molecule has 1 aliphatic carbocycles. The third kappa shape index (κ3) is 4.98. The molecule has 1 unspecified atom stereocenters. The van der Waals surface area contributed by atoms with E-state index in [0.29, 0.717) is 36.9 Å². The van der Waals surface area contributed by atoms with Crippen molar-refractivity contribution < 1.29 is 22.8 Å². The lowest BCUT2D eigenvalue weighted by Crippen LogP contribution is -2.50. The Bertz CT molecular complexity index is 1060. The first-order valence-corrected chi connectivity index (χ1v) is 11.1. The fourth-order valence-electron chi connectivity index (χ4n) is 4.65. The molecule has 1 fully saturated rings. The zero-order valence-corrected chi connectivity index (χ0v) is 18.3. The van der Waals surface area contributed by atoms with Gasteiger partial charge in [0.05, 0.1) is 12.1 Å². The van der Waals surface area contributed by atoms with Crippen LogP contribution >= 0.6 is 0 Å². The van der Waals surface area contributed by atoms with Crippen LogP contribution in [-0.4, -0.2) is 30.4 Å². The molecule has 4 atom stereocenters. The monoisotopic (exact) mass is 460 g/mol. The number of hydrogen-bond acceptors (Lipinski definition) is 4. The molecule has 0 spiro atoms. The highest BCUT2D eigenvalue weighted by atomic mass is 19.1. The van der Waals surface area contributed by atoms with Gasteiger partial charge in [-0.25, -0.2) is 13.2 Å². The fraction of sp³-hybridized carbons (Fsp3) is 0.417. The summed E-state index contributed by atoms with van der Waals surface area (Å²) in [6, 6.07) is 5.70. The fourth-order valence-corrected chi connectivity index (χ4v) is 4.65. The average Bonchev–Trinajstić information content (AvgIpc) is 3.41. The lowest BCUT2D eigenvalue weighted by molar-refractivity contribution is -0.129. The van der Waals surface area contributed by atoms with Crippen molar-refractivity contribution in [2.45, 2.75) is 50.7 Å². The molecule has 2 aromatic carbocycles. The largest absolute Gasteiger partial charge is 0.394 e. The van der Waals surface area contributed by atoms with Crippen LogP contribution in [0.2, 0.25) is 0 Å². The highest BCUT2D eigenvalue weighted by Gasteiger charge is 2.33. The Morgan fingerprint density at radius 1 is 1.21 bits per heavy atom. The first-order chi connectivity index (χ1) is 15.7. The molecule has 2 aromatic rings. The van der Waals surface area contributed by atoms with Crippen LogP contribution < -0.4 is 21.7 Å². The van der Waals surface area contributed by atoms with E-state index >= 15 is 0 Å². The Labute approximate surface area is 190 Å². The number of amides is 2. The van der Waals surface area contributed by atoms with Gasteiger partial charge in [-0.2, -0.15) is 0 Å². The molecule has 2 aliphatic rings. The number of fused-ring (bicyclic) bond motifs is 1. The predicted molar refractivity (Wildman–Crippen MR) is 118 cm³/mol. The van der Waals surface area contributed by atoms with Crippen LogP contribution in [0.4, 0.5) is 18.9 Å². The standard InChI is InChI=1S/C24H27F3N4O2/c1-12(23(32)31-19-7-6-16-17(19)10-18(26)22(28)21(16)27)30-24(33)20-9-14(11-29-20)8-13-2-4-15(25)5-3-13/h2-5,10,12,14,19-20,29H,6-9,11,28H2,1H3,(H,30,33)(H,31,32)/t12-,14-,19?,20+/m0/s1.